The van der Waals surface area contributed by atoms with E-state index in [-0.39, 0.29) is 26.3 Å². The van der Waals surface area contributed by atoms with Crippen molar-refractivity contribution < 1.29 is 34.5 Å². The van der Waals surface area contributed by atoms with E-state index in [0.29, 0.717) is 39.3 Å². The number of nitrogens with two attached hydrogens (primary N) is 1. The van der Waals surface area contributed by atoms with E-state index >= 15 is 0 Å². The molecule has 12 nitrogen and oxygen atoms in total. The van der Waals surface area contributed by atoms with Gasteiger partial charge in [-0.15, -0.1) is 0 Å². The lowest BCUT2D eigenvalue weighted by Crippen LogP contribution is -2.48. The highest BCUT2D eigenvalue weighted by Gasteiger charge is 2.22. The predicted molar refractivity (Wildman–Crippen MR) is 93.9 cm³/mol. The zero-order valence-electron chi connectivity index (χ0n) is 15.5. The van der Waals surface area contributed by atoms with Crippen LogP contribution in [0.3, 0.4) is 0 Å². The summed E-state index contributed by atoms with van der Waals surface area (Å²) in [5, 5.41) is 28.5. The van der Waals surface area contributed by atoms with Crippen molar-refractivity contribution in [1.82, 2.24) is 19.8 Å². The maximum Gasteiger partial charge on any atom is 0.321 e. The highest BCUT2D eigenvalue weighted by Crippen LogP contribution is 2.03. The van der Waals surface area contributed by atoms with Crippen molar-refractivity contribution in [1.29, 1.82) is 0 Å². The summed E-state index contributed by atoms with van der Waals surface area (Å²) in [6.45, 7) is 2.90. The number of hydroxylamine groups is 2. The molecule has 12 heteroatoms. The summed E-state index contributed by atoms with van der Waals surface area (Å²) in [5.41, 5.74) is 5.55. The van der Waals surface area contributed by atoms with Crippen molar-refractivity contribution in [2.75, 3.05) is 72.7 Å². The molecule has 0 aliphatic carbocycles. The van der Waals surface area contributed by atoms with Crippen LogP contribution in [0.15, 0.2) is 0 Å². The van der Waals surface area contributed by atoms with Crippen LogP contribution in [0.25, 0.3) is 0 Å². The Hall–Kier alpha value is -1.83. The molecular formula is C15H29N5O7. The fraction of sp³-hybridized carbons (Fsp3) is 0.800. The third-order valence-electron chi connectivity index (χ3n) is 4.25. The minimum Gasteiger partial charge on any atom is -0.480 e. The predicted octanol–water partition coefficient (Wildman–Crippen LogP) is -2.69. The van der Waals surface area contributed by atoms with Crippen molar-refractivity contribution in [3.63, 3.8) is 0 Å². The Bertz CT molecular complexity index is 479. The average molecular weight is 391 g/mol. The molecule has 0 saturated carbocycles. The Labute approximate surface area is 157 Å². The van der Waals surface area contributed by atoms with Crippen LogP contribution in [0.1, 0.15) is 0 Å². The van der Waals surface area contributed by atoms with Gasteiger partial charge in [-0.25, -0.2) is 0 Å². The second-order valence-electron chi connectivity index (χ2n) is 6.39. The first-order chi connectivity index (χ1) is 12.7. The van der Waals surface area contributed by atoms with Crippen molar-refractivity contribution >= 4 is 17.9 Å². The van der Waals surface area contributed by atoms with E-state index in [4.69, 9.17) is 25.9 Å². The normalized spacial score (nSPS) is 19.2. The molecule has 0 amide bonds. The number of aliphatic carboxylic acids is 3. The van der Waals surface area contributed by atoms with Gasteiger partial charge in [-0.1, -0.05) is 0 Å². The summed E-state index contributed by atoms with van der Waals surface area (Å²) in [7, 11) is 1.41. The molecule has 0 aromatic heterocycles. The third-order valence-corrected chi connectivity index (χ3v) is 4.25. The fourth-order valence-electron chi connectivity index (χ4n) is 2.73. The molecule has 1 fully saturated rings. The van der Waals surface area contributed by atoms with E-state index in [1.54, 1.807) is 9.80 Å². The molecule has 1 aliphatic rings. The van der Waals surface area contributed by atoms with Crippen LogP contribution in [0, 0.1) is 0 Å². The first kappa shape index (κ1) is 23.2. The minimum atomic E-state index is -1.14. The average Bonchev–Trinajstić information content (AvgIpc) is 2.66. The number of hydrogen-bond acceptors (Lipinski definition) is 9. The molecule has 1 atom stereocenters. The number of hydrogen-bond donors (Lipinski definition) is 4. The van der Waals surface area contributed by atoms with Gasteiger partial charge in [0.05, 0.1) is 33.4 Å². The lowest BCUT2D eigenvalue weighted by molar-refractivity contribution is -0.168. The first-order valence-electron chi connectivity index (χ1n) is 8.59. The van der Waals surface area contributed by atoms with Gasteiger partial charge < -0.3 is 25.9 Å². The standard InChI is InChI=1S/C15H29N5O7/c1-27-20(8-12(16)15(25)26)11-19-6-4-17(9-13(21)22)2-3-18(5-7-19)10-14(23)24/h12H,2-11,16H2,1H3,(H,21,22)(H,23,24)(H,25,26). The zero-order valence-corrected chi connectivity index (χ0v) is 15.5. The molecule has 0 aromatic carbocycles. The SMILES string of the molecule is CON(CC(N)C(=O)O)CN1CCN(CC(=O)O)CCN(CC(=O)O)CC1. The molecule has 1 unspecified atom stereocenters. The lowest BCUT2D eigenvalue weighted by Gasteiger charge is -2.30. The second kappa shape index (κ2) is 11.8. The molecule has 0 radical (unpaired) electrons. The van der Waals surface area contributed by atoms with Crippen LogP contribution < -0.4 is 5.73 Å². The molecule has 156 valence electrons. The van der Waals surface area contributed by atoms with Crippen molar-refractivity contribution in [3.8, 4) is 0 Å². The van der Waals surface area contributed by atoms with Gasteiger partial charge in [0, 0.05) is 39.3 Å². The third kappa shape index (κ3) is 9.60. The Morgan fingerprint density at radius 1 is 0.926 bits per heavy atom. The smallest absolute Gasteiger partial charge is 0.321 e. The second-order valence-corrected chi connectivity index (χ2v) is 6.39. The molecule has 0 spiro atoms. The van der Waals surface area contributed by atoms with Crippen LogP contribution >= 0.6 is 0 Å². The van der Waals surface area contributed by atoms with E-state index in [2.05, 4.69) is 0 Å². The number of carboxylic acid groups (broad SMARTS) is 3. The maximum atomic E-state index is 11.0. The summed E-state index contributed by atoms with van der Waals surface area (Å²) < 4.78 is 0. The summed E-state index contributed by atoms with van der Waals surface area (Å²) in [5.74, 6) is -3.03. The van der Waals surface area contributed by atoms with Crippen LogP contribution in [0.4, 0.5) is 0 Å². The van der Waals surface area contributed by atoms with E-state index < -0.39 is 23.9 Å². The molecular weight excluding hydrogens is 362 g/mol. The van der Waals surface area contributed by atoms with E-state index in [1.807, 2.05) is 4.90 Å². The van der Waals surface area contributed by atoms with Gasteiger partial charge >= 0.3 is 17.9 Å². The van der Waals surface area contributed by atoms with Gasteiger partial charge in [0.25, 0.3) is 0 Å². The van der Waals surface area contributed by atoms with Gasteiger partial charge in [-0.2, -0.15) is 5.06 Å². The highest BCUT2D eigenvalue weighted by molar-refractivity contribution is 5.73. The summed E-state index contributed by atoms with van der Waals surface area (Å²) in [6, 6.07) is -1.10. The Morgan fingerprint density at radius 3 is 1.67 bits per heavy atom. The molecule has 1 aliphatic heterocycles. The quantitative estimate of drug-likeness (QED) is 0.286. The largest absolute Gasteiger partial charge is 0.480 e. The summed E-state index contributed by atoms with van der Waals surface area (Å²) in [4.78, 5) is 43.7. The summed E-state index contributed by atoms with van der Waals surface area (Å²) in [6.07, 6.45) is 0. The topological polar surface area (TPSA) is 160 Å². The van der Waals surface area contributed by atoms with Gasteiger partial charge in [0.1, 0.15) is 6.04 Å². The number of carbonyl (C=O) groups is 3. The van der Waals surface area contributed by atoms with Crippen LogP contribution in [-0.4, -0.2) is 132 Å². The summed E-state index contributed by atoms with van der Waals surface area (Å²) >= 11 is 0. The zero-order chi connectivity index (χ0) is 20.4. The Kier molecular flexibility index (Phi) is 10.1. The maximum absolute atomic E-state index is 11.0. The van der Waals surface area contributed by atoms with E-state index in [9.17, 15) is 14.4 Å². The lowest BCUT2D eigenvalue weighted by atomic mass is 10.3. The Balaban J connectivity index is 2.76. The monoisotopic (exact) mass is 391 g/mol. The molecule has 5 N–H and O–H groups in total. The molecule has 0 aromatic rings. The molecule has 27 heavy (non-hydrogen) atoms. The number of rotatable bonds is 10. The van der Waals surface area contributed by atoms with Gasteiger partial charge in [-0.05, 0) is 0 Å². The van der Waals surface area contributed by atoms with E-state index in [1.165, 1.54) is 12.2 Å². The first-order valence-corrected chi connectivity index (χ1v) is 8.59. The number of carboxylic acids is 3. The Morgan fingerprint density at radius 2 is 1.33 bits per heavy atom. The van der Waals surface area contributed by atoms with E-state index in [0.717, 1.165) is 0 Å². The van der Waals surface area contributed by atoms with Crippen molar-refractivity contribution in [2.24, 2.45) is 5.73 Å². The minimum absolute atomic E-state index is 0.0139. The van der Waals surface area contributed by atoms with Crippen molar-refractivity contribution in [2.45, 2.75) is 6.04 Å². The molecule has 1 heterocycles. The van der Waals surface area contributed by atoms with Gasteiger partial charge in [0.15, 0.2) is 0 Å². The van der Waals surface area contributed by atoms with Gasteiger partial charge in [0.2, 0.25) is 0 Å². The van der Waals surface area contributed by atoms with Crippen LogP contribution in [0.5, 0.6) is 0 Å². The van der Waals surface area contributed by atoms with Gasteiger partial charge in [-0.3, -0.25) is 29.1 Å². The van der Waals surface area contributed by atoms with Crippen molar-refractivity contribution in [3.05, 3.63) is 0 Å². The highest BCUT2D eigenvalue weighted by atomic mass is 16.7. The molecule has 1 rings (SSSR count). The van der Waals surface area contributed by atoms with Crippen LogP contribution in [0.2, 0.25) is 0 Å². The fourth-order valence-corrected chi connectivity index (χ4v) is 2.73. The molecule has 1 saturated heterocycles. The van der Waals surface area contributed by atoms with Crippen LogP contribution in [-0.2, 0) is 19.2 Å². The molecule has 0 bridgehead atoms. The number of nitrogens with zero attached hydrogens (tertiary/aromatic N) is 4.